The molecule has 0 fully saturated rings. The first kappa shape index (κ1) is 55.4. The van der Waals surface area contributed by atoms with Crippen molar-refractivity contribution in [2.75, 3.05) is 33.0 Å². The second-order valence-electron chi connectivity index (χ2n) is 15.4. The molecule has 0 amide bonds. The SMILES string of the molecule is CCCCC/C=C\C/C=C\C/C=C\CCCCCCCCCOCC(COP(=O)(O)OCC(O)CO)OC(=O)CCCCCCC/C=C\CCCCCCCCC. The van der Waals surface area contributed by atoms with Crippen LogP contribution < -0.4 is 0 Å². The molecule has 0 heterocycles. The number of aliphatic hydroxyl groups is 2. The highest BCUT2D eigenvalue weighted by Crippen LogP contribution is 2.43. The summed E-state index contributed by atoms with van der Waals surface area (Å²) in [6.07, 6.45) is 49.2. The summed E-state index contributed by atoms with van der Waals surface area (Å²) < 4.78 is 33.4. The highest BCUT2D eigenvalue weighted by Gasteiger charge is 2.26. The molecule has 3 N–H and O–H groups in total. The maximum absolute atomic E-state index is 12.6. The quantitative estimate of drug-likeness (QED) is 0.0238. The van der Waals surface area contributed by atoms with E-state index in [-0.39, 0.29) is 19.6 Å². The van der Waals surface area contributed by atoms with Crippen molar-refractivity contribution in [1.82, 2.24) is 0 Å². The number of hydrogen-bond donors (Lipinski definition) is 3. The van der Waals surface area contributed by atoms with Crippen molar-refractivity contribution in [2.24, 2.45) is 0 Å². The number of carbonyl (C=O) groups excluding carboxylic acids is 1. The molecule has 0 radical (unpaired) electrons. The van der Waals surface area contributed by atoms with E-state index in [4.69, 9.17) is 23.6 Å². The van der Waals surface area contributed by atoms with E-state index in [2.05, 4.69) is 62.5 Å². The number of phosphoric acid groups is 1. The molecule has 0 aromatic heterocycles. The number of phosphoric ester groups is 1. The van der Waals surface area contributed by atoms with Gasteiger partial charge in [-0.05, 0) is 77.0 Å². The molecular weight excluding hydrogens is 739 g/mol. The Kier molecular flexibility index (Phi) is 42.8. The average Bonchev–Trinajstić information content (AvgIpc) is 3.20. The van der Waals surface area contributed by atoms with Gasteiger partial charge in [0, 0.05) is 13.0 Å². The molecule has 3 unspecified atom stereocenters. The number of rotatable bonds is 44. The third-order valence-corrected chi connectivity index (χ3v) is 10.7. The predicted molar refractivity (Wildman–Crippen MR) is 237 cm³/mol. The van der Waals surface area contributed by atoms with Crippen LogP contribution in [0.1, 0.15) is 200 Å². The highest BCUT2D eigenvalue weighted by molar-refractivity contribution is 7.47. The Morgan fingerprint density at radius 2 is 0.947 bits per heavy atom. The third kappa shape index (κ3) is 43.8. The van der Waals surface area contributed by atoms with Crippen molar-refractivity contribution in [1.29, 1.82) is 0 Å². The molecule has 57 heavy (non-hydrogen) atoms. The second kappa shape index (κ2) is 44.0. The van der Waals surface area contributed by atoms with E-state index in [1.807, 2.05) is 0 Å². The van der Waals surface area contributed by atoms with Crippen molar-refractivity contribution in [3.05, 3.63) is 48.6 Å². The third-order valence-electron chi connectivity index (χ3n) is 9.74. The molecule has 0 aromatic carbocycles. The molecule has 0 spiro atoms. The number of unbranched alkanes of at least 4 members (excludes halogenated alkanes) is 22. The van der Waals surface area contributed by atoms with Crippen LogP contribution in [0.2, 0.25) is 0 Å². The Bertz CT molecular complexity index is 1030. The van der Waals surface area contributed by atoms with Crippen molar-refractivity contribution >= 4 is 13.8 Å². The smallest absolute Gasteiger partial charge is 0.457 e. The van der Waals surface area contributed by atoms with E-state index < -0.39 is 39.2 Å². The summed E-state index contributed by atoms with van der Waals surface area (Å²) in [6.45, 7) is 3.46. The van der Waals surface area contributed by atoms with E-state index in [1.165, 1.54) is 103 Å². The Hall–Kier alpha value is -1.58. The number of hydrogen-bond acceptors (Lipinski definition) is 8. The van der Waals surface area contributed by atoms with E-state index in [0.717, 1.165) is 70.6 Å². The van der Waals surface area contributed by atoms with Gasteiger partial charge in [-0.25, -0.2) is 4.57 Å². The van der Waals surface area contributed by atoms with Crippen LogP contribution in [0.5, 0.6) is 0 Å². The van der Waals surface area contributed by atoms with Crippen molar-refractivity contribution in [3.8, 4) is 0 Å². The van der Waals surface area contributed by atoms with Gasteiger partial charge in [0.15, 0.2) is 0 Å². The van der Waals surface area contributed by atoms with Crippen LogP contribution in [-0.4, -0.2) is 66.3 Å². The minimum atomic E-state index is -4.52. The van der Waals surface area contributed by atoms with Gasteiger partial charge >= 0.3 is 13.8 Å². The molecule has 334 valence electrons. The number of ether oxygens (including phenoxy) is 2. The Labute approximate surface area is 349 Å². The number of allylic oxidation sites excluding steroid dienone is 8. The largest absolute Gasteiger partial charge is 0.472 e. The maximum atomic E-state index is 12.6. The van der Waals surface area contributed by atoms with Gasteiger partial charge in [-0.1, -0.05) is 165 Å². The van der Waals surface area contributed by atoms with Gasteiger partial charge in [0.2, 0.25) is 0 Å². The standard InChI is InChI=1S/C47H87O9P/c1-3-5-7-9-11-13-15-17-19-21-22-23-24-26-28-30-32-34-36-38-40-53-43-46(44-55-57(51,52)54-42-45(49)41-48)56-47(50)39-37-35-33-31-29-27-25-20-18-16-14-12-10-8-6-4-2/h11,13,17,19-20,22-23,25,45-46,48-49H,3-10,12,14-16,18,21,24,26-44H2,1-2H3,(H,51,52)/b13-11-,19-17-,23-22-,25-20-. The maximum Gasteiger partial charge on any atom is 0.472 e. The first-order valence-corrected chi connectivity index (χ1v) is 24.6. The molecule has 0 rings (SSSR count). The summed E-state index contributed by atoms with van der Waals surface area (Å²) in [5.41, 5.74) is 0. The van der Waals surface area contributed by atoms with Gasteiger partial charge in [0.05, 0.1) is 26.4 Å². The molecule has 0 aliphatic carbocycles. The lowest BCUT2D eigenvalue weighted by atomic mass is 10.1. The van der Waals surface area contributed by atoms with Gasteiger partial charge < -0.3 is 24.6 Å². The Morgan fingerprint density at radius 1 is 0.544 bits per heavy atom. The number of aliphatic hydroxyl groups excluding tert-OH is 2. The summed E-state index contributed by atoms with van der Waals surface area (Å²) in [6, 6.07) is 0. The molecule has 0 saturated carbocycles. The molecule has 9 nitrogen and oxygen atoms in total. The zero-order valence-corrected chi connectivity index (χ0v) is 37.4. The second-order valence-corrected chi connectivity index (χ2v) is 16.9. The van der Waals surface area contributed by atoms with Crippen LogP contribution in [0.15, 0.2) is 48.6 Å². The van der Waals surface area contributed by atoms with Gasteiger partial charge in [-0.2, -0.15) is 0 Å². The topological polar surface area (TPSA) is 132 Å². The van der Waals surface area contributed by atoms with Gasteiger partial charge in [0.25, 0.3) is 0 Å². The van der Waals surface area contributed by atoms with Crippen molar-refractivity contribution in [2.45, 2.75) is 212 Å². The van der Waals surface area contributed by atoms with Crippen LogP contribution in [-0.2, 0) is 27.9 Å². The fourth-order valence-electron chi connectivity index (χ4n) is 6.18. The van der Waals surface area contributed by atoms with Gasteiger partial charge in [-0.15, -0.1) is 0 Å². The summed E-state index contributed by atoms with van der Waals surface area (Å²) in [5.74, 6) is -0.395. The average molecular weight is 827 g/mol. The summed E-state index contributed by atoms with van der Waals surface area (Å²) in [4.78, 5) is 22.6. The summed E-state index contributed by atoms with van der Waals surface area (Å²) >= 11 is 0. The lowest BCUT2D eigenvalue weighted by Crippen LogP contribution is -2.29. The predicted octanol–water partition coefficient (Wildman–Crippen LogP) is 13.0. The fraction of sp³-hybridized carbons (Fsp3) is 0.809. The van der Waals surface area contributed by atoms with Crippen LogP contribution in [0.4, 0.5) is 0 Å². The van der Waals surface area contributed by atoms with E-state index >= 15 is 0 Å². The Morgan fingerprint density at radius 3 is 1.47 bits per heavy atom. The van der Waals surface area contributed by atoms with Crippen LogP contribution in [0, 0.1) is 0 Å². The molecular formula is C47H87O9P. The lowest BCUT2D eigenvalue weighted by molar-refractivity contribution is -0.154. The highest BCUT2D eigenvalue weighted by atomic mass is 31.2. The van der Waals surface area contributed by atoms with Crippen molar-refractivity contribution in [3.63, 3.8) is 0 Å². The molecule has 0 aliphatic heterocycles. The fourth-order valence-corrected chi connectivity index (χ4v) is 6.97. The van der Waals surface area contributed by atoms with Crippen LogP contribution in [0.25, 0.3) is 0 Å². The van der Waals surface area contributed by atoms with E-state index in [9.17, 15) is 19.4 Å². The van der Waals surface area contributed by atoms with E-state index in [1.54, 1.807) is 0 Å². The molecule has 0 aromatic rings. The van der Waals surface area contributed by atoms with Crippen molar-refractivity contribution < 1.29 is 43.0 Å². The summed E-state index contributed by atoms with van der Waals surface area (Å²) in [7, 11) is -4.52. The first-order chi connectivity index (χ1) is 27.8. The molecule has 10 heteroatoms. The number of carbonyl (C=O) groups is 1. The van der Waals surface area contributed by atoms with Gasteiger partial charge in [-0.3, -0.25) is 13.8 Å². The Balaban J connectivity index is 4.17. The zero-order valence-electron chi connectivity index (χ0n) is 36.6. The number of esters is 1. The molecule has 0 bridgehead atoms. The normalized spacial score (nSPS) is 14.4. The molecule has 3 atom stereocenters. The summed E-state index contributed by atoms with van der Waals surface area (Å²) in [5, 5.41) is 18.4. The van der Waals surface area contributed by atoms with Gasteiger partial charge in [0.1, 0.15) is 12.2 Å². The molecule has 0 saturated heterocycles. The van der Waals surface area contributed by atoms with Crippen LogP contribution >= 0.6 is 7.82 Å². The lowest BCUT2D eigenvalue weighted by Gasteiger charge is -2.20. The monoisotopic (exact) mass is 827 g/mol. The zero-order chi connectivity index (χ0) is 41.8. The van der Waals surface area contributed by atoms with E-state index in [0.29, 0.717) is 13.0 Å². The van der Waals surface area contributed by atoms with Crippen LogP contribution in [0.3, 0.4) is 0 Å². The molecule has 0 aliphatic rings. The minimum Gasteiger partial charge on any atom is -0.457 e. The first-order valence-electron chi connectivity index (χ1n) is 23.1. The minimum absolute atomic E-state index is 0.0387.